The average Bonchev–Trinajstić information content (AvgIpc) is 2.39. The van der Waals surface area contributed by atoms with Crippen molar-refractivity contribution in [1.82, 2.24) is 4.98 Å². The highest BCUT2D eigenvalue weighted by Gasteiger charge is 2.33. The highest BCUT2D eigenvalue weighted by molar-refractivity contribution is 5.89. The molecule has 0 amide bonds. The molecule has 20 heavy (non-hydrogen) atoms. The van der Waals surface area contributed by atoms with Crippen molar-refractivity contribution < 1.29 is 14.3 Å². The Hall–Kier alpha value is -2.06. The van der Waals surface area contributed by atoms with Crippen molar-refractivity contribution >= 4 is 5.97 Å². The first-order valence-electron chi connectivity index (χ1n) is 6.38. The van der Waals surface area contributed by atoms with Crippen molar-refractivity contribution in [2.24, 2.45) is 5.73 Å². The second-order valence-electron chi connectivity index (χ2n) is 5.01. The number of fused-ring (bicyclic) bond motifs is 1. The van der Waals surface area contributed by atoms with Crippen LogP contribution in [0.3, 0.4) is 0 Å². The number of nitrogens with zero attached hydrogens (tertiary/aromatic N) is 1. The maximum Gasteiger partial charge on any atom is 0.339 e. The summed E-state index contributed by atoms with van der Waals surface area (Å²) in [6, 6.07) is 1.53. The van der Waals surface area contributed by atoms with Crippen molar-refractivity contribution in [3.63, 3.8) is 0 Å². The Morgan fingerprint density at radius 1 is 1.60 bits per heavy atom. The van der Waals surface area contributed by atoms with Gasteiger partial charge < -0.3 is 15.2 Å². The number of terminal acetylenes is 1. The van der Waals surface area contributed by atoms with Crippen LogP contribution in [-0.2, 0) is 4.74 Å². The Morgan fingerprint density at radius 2 is 2.25 bits per heavy atom. The molecule has 1 aromatic rings. The maximum atomic E-state index is 11.6. The van der Waals surface area contributed by atoms with Gasteiger partial charge in [-0.05, 0) is 26.8 Å². The summed E-state index contributed by atoms with van der Waals surface area (Å²) >= 11 is 0. The lowest BCUT2D eigenvalue weighted by Crippen LogP contribution is -2.38. The van der Waals surface area contributed by atoms with Gasteiger partial charge in [-0.25, -0.2) is 9.78 Å². The van der Waals surface area contributed by atoms with E-state index in [9.17, 15) is 4.79 Å². The number of nitrogens with two attached hydrogens (primary N) is 1. The summed E-state index contributed by atoms with van der Waals surface area (Å²) in [6.45, 7) is 6.04. The number of pyridine rings is 1. The molecule has 108 valence electrons. The predicted molar refractivity (Wildman–Crippen MR) is 76.3 cm³/mol. The van der Waals surface area contributed by atoms with Crippen molar-refractivity contribution in [1.29, 1.82) is 0 Å². The number of hydrogen-bond acceptors (Lipinski definition) is 5. The van der Waals surface area contributed by atoms with Gasteiger partial charge in [-0.3, -0.25) is 0 Å². The topological polar surface area (TPSA) is 74.4 Å². The first-order chi connectivity index (χ1) is 9.43. The molecule has 5 nitrogen and oxygen atoms in total. The van der Waals surface area contributed by atoms with Crippen LogP contribution in [0.2, 0.25) is 0 Å². The van der Waals surface area contributed by atoms with Crippen molar-refractivity contribution in [2.45, 2.75) is 38.8 Å². The zero-order valence-corrected chi connectivity index (χ0v) is 12.1. The molecule has 1 aliphatic rings. The normalized spacial score (nSPS) is 18.8. The smallest absolute Gasteiger partial charge is 0.339 e. The van der Waals surface area contributed by atoms with E-state index in [1.807, 2.05) is 13.8 Å². The predicted octanol–water partition coefficient (Wildman–Crippen LogP) is 2.07. The monoisotopic (exact) mass is 276 g/mol. The fraction of sp³-hybridized carbons (Fsp3) is 0.467. The first-order valence-corrected chi connectivity index (χ1v) is 6.38. The molecule has 1 aliphatic heterocycles. The van der Waals surface area contributed by atoms with Crippen LogP contribution in [0.4, 0.5) is 0 Å². The van der Waals surface area contributed by atoms with E-state index in [4.69, 9.17) is 15.2 Å². The second-order valence-corrected chi connectivity index (χ2v) is 5.01. The van der Waals surface area contributed by atoms with Gasteiger partial charge in [0.2, 0.25) is 5.88 Å². The van der Waals surface area contributed by atoms with Gasteiger partial charge in [0.05, 0.1) is 12.2 Å². The van der Waals surface area contributed by atoms with Gasteiger partial charge in [0.25, 0.3) is 0 Å². The minimum absolute atomic E-state index is 0.175. The summed E-state index contributed by atoms with van der Waals surface area (Å²) in [5.41, 5.74) is 6.94. The van der Waals surface area contributed by atoms with E-state index in [2.05, 4.69) is 17.8 Å². The number of esters is 1. The number of carbonyl (C=O) groups is 1. The van der Waals surface area contributed by atoms with Crippen LogP contribution < -0.4 is 10.5 Å². The molecule has 5 heteroatoms. The van der Waals surface area contributed by atoms with Crippen LogP contribution in [0.25, 0.3) is 0 Å². The molecule has 2 heterocycles. The third-order valence-corrected chi connectivity index (χ3v) is 2.87. The van der Waals surface area contributed by atoms with E-state index in [0.717, 1.165) is 5.56 Å². The summed E-state index contributed by atoms with van der Waals surface area (Å²) in [7, 11) is 0. The highest BCUT2D eigenvalue weighted by Crippen LogP contribution is 2.36. The van der Waals surface area contributed by atoms with E-state index < -0.39 is 0 Å². The highest BCUT2D eigenvalue weighted by atomic mass is 16.5. The molecule has 2 rings (SSSR count). The van der Waals surface area contributed by atoms with Gasteiger partial charge in [-0.2, -0.15) is 0 Å². The van der Waals surface area contributed by atoms with Crippen LogP contribution in [0.1, 0.15) is 49.2 Å². The summed E-state index contributed by atoms with van der Waals surface area (Å²) in [5.74, 6) is 0.122. The van der Waals surface area contributed by atoms with E-state index >= 15 is 0 Å². The van der Waals surface area contributed by atoms with Crippen molar-refractivity contribution in [3.05, 3.63) is 23.4 Å². The third kappa shape index (κ3) is 3.49. The Bertz CT molecular complexity index is 509. The summed E-state index contributed by atoms with van der Waals surface area (Å²) < 4.78 is 10.7. The molecule has 0 unspecified atom stereocenters. The standard InChI is InChI=1S/C13H18N2O3.C2H2/c1-4-17-12(16)8-5-9-10(14)6-13(2,3)18-11(9)15-7-8;1-2/h5,7,10H,4,6,14H2,1-3H3;1-2H/t10-;/m0./s1. The molecule has 1 atom stereocenters. The van der Waals surface area contributed by atoms with E-state index in [-0.39, 0.29) is 17.6 Å². The zero-order chi connectivity index (χ0) is 15.3. The number of rotatable bonds is 2. The van der Waals surface area contributed by atoms with E-state index in [1.165, 1.54) is 6.20 Å². The minimum Gasteiger partial charge on any atom is -0.471 e. The largest absolute Gasteiger partial charge is 0.471 e. The first kappa shape index (κ1) is 16.0. The number of carbonyl (C=O) groups excluding carboxylic acids is 1. The lowest BCUT2D eigenvalue weighted by Gasteiger charge is -2.35. The Balaban J connectivity index is 0.000000956. The maximum absolute atomic E-state index is 11.6. The number of aromatic nitrogens is 1. The van der Waals surface area contributed by atoms with Gasteiger partial charge in [-0.1, -0.05) is 0 Å². The molecule has 0 radical (unpaired) electrons. The second kappa shape index (κ2) is 6.40. The third-order valence-electron chi connectivity index (χ3n) is 2.87. The molecule has 0 spiro atoms. The molecule has 0 saturated heterocycles. The van der Waals surface area contributed by atoms with Crippen LogP contribution in [-0.4, -0.2) is 23.2 Å². The molecule has 0 aliphatic carbocycles. The van der Waals surface area contributed by atoms with Gasteiger partial charge in [0.1, 0.15) is 5.60 Å². The Kier molecular flexibility index (Phi) is 5.12. The molecule has 0 saturated carbocycles. The van der Waals surface area contributed by atoms with Gasteiger partial charge >= 0.3 is 5.97 Å². The van der Waals surface area contributed by atoms with Crippen LogP contribution in [0.5, 0.6) is 5.88 Å². The van der Waals surface area contributed by atoms with Crippen LogP contribution >= 0.6 is 0 Å². The Labute approximate surface area is 119 Å². The Morgan fingerprint density at radius 3 is 2.85 bits per heavy atom. The minimum atomic E-state index is -0.384. The summed E-state index contributed by atoms with van der Waals surface area (Å²) in [6.07, 6.45) is 10.2. The lowest BCUT2D eigenvalue weighted by molar-refractivity contribution is 0.0522. The molecule has 0 aromatic carbocycles. The van der Waals surface area contributed by atoms with Gasteiger partial charge in [-0.15, -0.1) is 12.8 Å². The molecule has 0 bridgehead atoms. The molecule has 1 aromatic heterocycles. The number of hydrogen-bond donors (Lipinski definition) is 1. The van der Waals surface area contributed by atoms with Crippen molar-refractivity contribution in [3.8, 4) is 18.7 Å². The molecular weight excluding hydrogens is 256 g/mol. The van der Waals surface area contributed by atoms with Gasteiger partial charge in [0.15, 0.2) is 0 Å². The molecular formula is C15H20N2O3. The average molecular weight is 276 g/mol. The summed E-state index contributed by atoms with van der Waals surface area (Å²) in [5, 5.41) is 0. The van der Waals surface area contributed by atoms with Crippen LogP contribution in [0, 0.1) is 12.8 Å². The van der Waals surface area contributed by atoms with Gasteiger partial charge in [0, 0.05) is 24.2 Å². The lowest BCUT2D eigenvalue weighted by atomic mass is 9.91. The fourth-order valence-electron chi connectivity index (χ4n) is 2.09. The molecule has 2 N–H and O–H groups in total. The summed E-state index contributed by atoms with van der Waals surface area (Å²) in [4.78, 5) is 15.8. The molecule has 0 fully saturated rings. The van der Waals surface area contributed by atoms with E-state index in [1.54, 1.807) is 13.0 Å². The quantitative estimate of drug-likeness (QED) is 0.661. The zero-order valence-electron chi connectivity index (χ0n) is 12.1. The fourth-order valence-corrected chi connectivity index (χ4v) is 2.09. The number of ether oxygens (including phenoxy) is 2. The van der Waals surface area contributed by atoms with Crippen molar-refractivity contribution in [2.75, 3.05) is 6.61 Å². The van der Waals surface area contributed by atoms with Crippen LogP contribution in [0.15, 0.2) is 12.3 Å². The van der Waals surface area contributed by atoms with E-state index in [0.29, 0.717) is 24.5 Å². The SMILES string of the molecule is C#C.CCOC(=O)c1cnc2c(c1)[C@@H](N)CC(C)(C)O2.